The molecule has 1 fully saturated rings. The number of thiocarbonyl (C=S) groups is 1. The summed E-state index contributed by atoms with van der Waals surface area (Å²) in [7, 11) is 0. The zero-order valence-electron chi connectivity index (χ0n) is 12.1. The van der Waals surface area contributed by atoms with E-state index >= 15 is 0 Å². The van der Waals surface area contributed by atoms with E-state index in [0.717, 1.165) is 0 Å². The van der Waals surface area contributed by atoms with Gasteiger partial charge in [-0.25, -0.2) is 9.59 Å². The molecular weight excluding hydrogens is 332 g/mol. The van der Waals surface area contributed by atoms with E-state index < -0.39 is 24.0 Å². The molecule has 1 aliphatic heterocycles. The standard InChI is InChI=1S/C7H9NO3S.C5H9NO3S/c1-4(9)8-3-2-5(12)6(8)7(10)11;1-3(7)6-4(2-10)5(8)9/h6H,2-3H2,1H3,(H,10,11);4,10H,2H2,1H3,(H,6,7)(H,8,9)/t6-;4-/m00/s1. The number of nitrogens with one attached hydrogen (secondary N) is 1. The van der Waals surface area contributed by atoms with Crippen LogP contribution in [0.15, 0.2) is 0 Å². The average molecular weight is 350 g/mol. The Morgan fingerprint density at radius 1 is 1.36 bits per heavy atom. The van der Waals surface area contributed by atoms with Crippen molar-refractivity contribution < 1.29 is 29.4 Å². The number of hydrogen-bond acceptors (Lipinski definition) is 6. The van der Waals surface area contributed by atoms with Gasteiger partial charge in [-0.3, -0.25) is 9.59 Å². The first-order chi connectivity index (χ1) is 10.1. The lowest BCUT2D eigenvalue weighted by atomic mass is 10.2. The van der Waals surface area contributed by atoms with E-state index in [1.165, 1.54) is 18.7 Å². The second-order valence-corrected chi connectivity index (χ2v) is 5.33. The van der Waals surface area contributed by atoms with Crippen molar-refractivity contribution in [3.05, 3.63) is 0 Å². The predicted octanol–water partition coefficient (Wildman–Crippen LogP) is -0.433. The average Bonchev–Trinajstić information content (AvgIpc) is 2.78. The first-order valence-electron chi connectivity index (χ1n) is 6.25. The molecule has 0 unspecified atom stereocenters. The van der Waals surface area contributed by atoms with Crippen LogP contribution in [0.3, 0.4) is 0 Å². The van der Waals surface area contributed by atoms with E-state index in [4.69, 9.17) is 22.4 Å². The van der Waals surface area contributed by atoms with Gasteiger partial charge in [0.15, 0.2) is 6.04 Å². The highest BCUT2D eigenvalue weighted by molar-refractivity contribution is 7.80. The monoisotopic (exact) mass is 350 g/mol. The van der Waals surface area contributed by atoms with E-state index in [1.54, 1.807) is 0 Å². The summed E-state index contributed by atoms with van der Waals surface area (Å²) in [5.74, 6) is -2.59. The number of likely N-dealkylation sites (tertiary alicyclic amines) is 1. The number of carbonyl (C=O) groups excluding carboxylic acids is 2. The molecule has 22 heavy (non-hydrogen) atoms. The summed E-state index contributed by atoms with van der Waals surface area (Å²) in [6.07, 6.45) is 0.520. The lowest BCUT2D eigenvalue weighted by Crippen LogP contribution is -2.41. The highest BCUT2D eigenvalue weighted by atomic mass is 32.1. The fourth-order valence-electron chi connectivity index (χ4n) is 1.71. The van der Waals surface area contributed by atoms with Crippen molar-refractivity contribution in [3.8, 4) is 0 Å². The number of carboxylic acids is 2. The van der Waals surface area contributed by atoms with Gasteiger partial charge >= 0.3 is 11.9 Å². The van der Waals surface area contributed by atoms with Crippen LogP contribution in [-0.2, 0) is 19.2 Å². The Morgan fingerprint density at radius 2 is 1.91 bits per heavy atom. The maximum absolute atomic E-state index is 10.9. The molecule has 1 rings (SSSR count). The van der Waals surface area contributed by atoms with Crippen molar-refractivity contribution in [2.24, 2.45) is 0 Å². The van der Waals surface area contributed by atoms with Crippen molar-refractivity contribution in [2.45, 2.75) is 32.4 Å². The van der Waals surface area contributed by atoms with Gasteiger partial charge in [0.2, 0.25) is 11.8 Å². The molecule has 0 aromatic heterocycles. The molecule has 0 aliphatic carbocycles. The lowest BCUT2D eigenvalue weighted by molar-refractivity contribution is -0.145. The predicted molar refractivity (Wildman–Crippen MR) is 85.1 cm³/mol. The number of amides is 2. The van der Waals surface area contributed by atoms with Gasteiger partial charge in [0.25, 0.3) is 0 Å². The first kappa shape index (κ1) is 20.3. The van der Waals surface area contributed by atoms with Gasteiger partial charge in [0, 0.05) is 31.0 Å². The highest BCUT2D eigenvalue weighted by Crippen LogP contribution is 2.15. The van der Waals surface area contributed by atoms with Gasteiger partial charge in [-0.05, 0) is 6.42 Å². The van der Waals surface area contributed by atoms with Crippen LogP contribution >= 0.6 is 24.8 Å². The summed E-state index contributed by atoms with van der Waals surface area (Å²) in [5.41, 5.74) is 0. The third kappa shape index (κ3) is 6.39. The molecule has 1 heterocycles. The Hall–Kier alpha value is -1.68. The van der Waals surface area contributed by atoms with Gasteiger partial charge in [-0.1, -0.05) is 12.2 Å². The fourth-order valence-corrected chi connectivity index (χ4v) is 2.28. The number of thiol groups is 1. The van der Waals surface area contributed by atoms with E-state index in [0.29, 0.717) is 17.8 Å². The van der Waals surface area contributed by atoms with Gasteiger partial charge in [0.1, 0.15) is 6.04 Å². The molecule has 10 heteroatoms. The largest absolute Gasteiger partial charge is 0.480 e. The second kappa shape index (κ2) is 9.36. The number of nitrogens with zero attached hydrogens (tertiary/aromatic N) is 1. The van der Waals surface area contributed by atoms with Crippen molar-refractivity contribution in [1.29, 1.82) is 0 Å². The Balaban J connectivity index is 0.000000409. The molecule has 0 radical (unpaired) electrons. The Kier molecular flexibility index (Phi) is 8.65. The molecule has 124 valence electrons. The summed E-state index contributed by atoms with van der Waals surface area (Å²) in [6, 6.07) is -1.75. The minimum atomic E-state index is -1.06. The highest BCUT2D eigenvalue weighted by Gasteiger charge is 2.36. The van der Waals surface area contributed by atoms with Crippen LogP contribution in [0.2, 0.25) is 0 Å². The smallest absolute Gasteiger partial charge is 0.331 e. The van der Waals surface area contributed by atoms with E-state index in [-0.39, 0.29) is 17.6 Å². The quantitative estimate of drug-likeness (QED) is 0.400. The van der Waals surface area contributed by atoms with Crippen LogP contribution in [0.1, 0.15) is 20.3 Å². The van der Waals surface area contributed by atoms with Gasteiger partial charge in [-0.15, -0.1) is 0 Å². The number of aliphatic carboxylic acids is 2. The van der Waals surface area contributed by atoms with Crippen molar-refractivity contribution in [3.63, 3.8) is 0 Å². The van der Waals surface area contributed by atoms with Crippen LogP contribution in [0.5, 0.6) is 0 Å². The second-order valence-electron chi connectivity index (χ2n) is 4.44. The summed E-state index contributed by atoms with van der Waals surface area (Å²) in [5, 5.41) is 19.3. The van der Waals surface area contributed by atoms with E-state index in [9.17, 15) is 19.2 Å². The van der Waals surface area contributed by atoms with Gasteiger partial charge in [-0.2, -0.15) is 12.6 Å². The molecule has 0 saturated carbocycles. The zero-order chi connectivity index (χ0) is 17.4. The van der Waals surface area contributed by atoms with Gasteiger partial charge < -0.3 is 20.4 Å². The fraction of sp³-hybridized carbons (Fsp3) is 0.583. The summed E-state index contributed by atoms with van der Waals surface area (Å²) < 4.78 is 0. The van der Waals surface area contributed by atoms with Crippen molar-refractivity contribution in [1.82, 2.24) is 10.2 Å². The summed E-state index contributed by atoms with van der Waals surface area (Å²) in [6.45, 7) is 3.05. The van der Waals surface area contributed by atoms with E-state index in [1.807, 2.05) is 0 Å². The zero-order valence-corrected chi connectivity index (χ0v) is 13.8. The Bertz CT molecular complexity index is 482. The van der Waals surface area contributed by atoms with Crippen LogP contribution < -0.4 is 5.32 Å². The molecule has 2 atom stereocenters. The minimum Gasteiger partial charge on any atom is -0.480 e. The molecule has 0 aromatic rings. The molecule has 0 spiro atoms. The molecule has 1 aliphatic rings. The number of hydrogen-bond donors (Lipinski definition) is 4. The van der Waals surface area contributed by atoms with Crippen LogP contribution in [0.25, 0.3) is 0 Å². The number of carbonyl (C=O) groups is 4. The molecule has 8 nitrogen and oxygen atoms in total. The summed E-state index contributed by atoms with van der Waals surface area (Å²) in [4.78, 5) is 43.8. The molecule has 0 bridgehead atoms. The third-order valence-electron chi connectivity index (χ3n) is 2.71. The lowest BCUT2D eigenvalue weighted by Gasteiger charge is -2.18. The molecule has 3 N–H and O–H groups in total. The topological polar surface area (TPSA) is 124 Å². The van der Waals surface area contributed by atoms with Crippen LogP contribution in [-0.4, -0.2) is 68.1 Å². The molecular formula is C12H18N2O6S2. The number of carboxylic acid groups (broad SMARTS) is 2. The van der Waals surface area contributed by atoms with Crippen LogP contribution in [0.4, 0.5) is 0 Å². The minimum absolute atomic E-state index is 0.106. The van der Waals surface area contributed by atoms with Crippen molar-refractivity contribution >= 4 is 53.5 Å². The normalized spacial score (nSPS) is 18.0. The van der Waals surface area contributed by atoms with E-state index in [2.05, 4.69) is 17.9 Å². The number of rotatable bonds is 4. The van der Waals surface area contributed by atoms with Crippen LogP contribution in [0, 0.1) is 0 Å². The first-order valence-corrected chi connectivity index (χ1v) is 7.29. The maximum Gasteiger partial charge on any atom is 0.331 e. The van der Waals surface area contributed by atoms with Gasteiger partial charge in [0.05, 0.1) is 0 Å². The van der Waals surface area contributed by atoms with Crippen molar-refractivity contribution in [2.75, 3.05) is 12.3 Å². The molecule has 0 aromatic carbocycles. The maximum atomic E-state index is 10.9. The summed E-state index contributed by atoms with van der Waals surface area (Å²) >= 11 is 8.57. The molecule has 2 amide bonds. The Labute approximate surface area is 138 Å². The SMILES string of the molecule is CC(=O)N1CCC(=S)[C@H]1C(=O)O.CC(=O)N[C@@H](CS)C(=O)O. The third-order valence-corrected chi connectivity index (χ3v) is 3.50. The molecule has 1 saturated heterocycles. The Morgan fingerprint density at radius 3 is 2.14 bits per heavy atom.